The molecule has 0 unspecified atom stereocenters. The summed E-state index contributed by atoms with van der Waals surface area (Å²) in [5, 5.41) is 0. The number of carbonyl (C=O) groups is 1. The Labute approximate surface area is 89.7 Å². The zero-order chi connectivity index (χ0) is 10.7. The molecule has 3 heteroatoms. The van der Waals surface area contributed by atoms with E-state index in [9.17, 15) is 4.79 Å². The molecule has 2 N–H and O–H groups in total. The molecule has 0 amide bonds. The number of hydrogen-bond donors (Lipinski definition) is 1. The predicted molar refractivity (Wildman–Crippen MR) is 59.5 cm³/mol. The molecule has 0 saturated heterocycles. The average Bonchev–Trinajstić information content (AvgIpc) is 2.30. The van der Waals surface area contributed by atoms with Crippen LogP contribution in [0.25, 0.3) is 0 Å². The van der Waals surface area contributed by atoms with Gasteiger partial charge in [-0.25, -0.2) is 0 Å². The van der Waals surface area contributed by atoms with Gasteiger partial charge in [0.25, 0.3) is 0 Å². The largest absolute Gasteiger partial charge is 0.398 e. The van der Waals surface area contributed by atoms with E-state index >= 15 is 0 Å². The lowest BCUT2D eigenvalue weighted by atomic mass is 9.70. The van der Waals surface area contributed by atoms with E-state index in [1.165, 1.54) is 6.42 Å². The van der Waals surface area contributed by atoms with Gasteiger partial charge in [0.1, 0.15) is 6.29 Å². The monoisotopic (exact) mass is 204 g/mol. The molecule has 0 atom stereocenters. The number of pyridine rings is 1. The topological polar surface area (TPSA) is 56.0 Å². The van der Waals surface area contributed by atoms with Crippen molar-refractivity contribution < 1.29 is 4.79 Å². The Hall–Kier alpha value is -1.38. The first-order valence-electron chi connectivity index (χ1n) is 5.45. The number of aldehydes is 1. The van der Waals surface area contributed by atoms with Gasteiger partial charge >= 0.3 is 0 Å². The van der Waals surface area contributed by atoms with Gasteiger partial charge in [-0.3, -0.25) is 4.98 Å². The van der Waals surface area contributed by atoms with Gasteiger partial charge in [0, 0.05) is 23.6 Å². The van der Waals surface area contributed by atoms with Crippen molar-refractivity contribution in [3.8, 4) is 0 Å². The summed E-state index contributed by atoms with van der Waals surface area (Å²) in [7, 11) is 0. The van der Waals surface area contributed by atoms with Crippen molar-refractivity contribution >= 4 is 12.0 Å². The first-order valence-corrected chi connectivity index (χ1v) is 5.45. The van der Waals surface area contributed by atoms with E-state index in [1.807, 2.05) is 0 Å². The first kappa shape index (κ1) is 10.1. The van der Waals surface area contributed by atoms with Crippen LogP contribution in [0.3, 0.4) is 0 Å². The Kier molecular flexibility index (Phi) is 2.71. The summed E-state index contributed by atoms with van der Waals surface area (Å²) in [6, 6.07) is 1.77. The summed E-state index contributed by atoms with van der Waals surface area (Å²) in [6.45, 7) is 0. The van der Waals surface area contributed by atoms with Crippen LogP contribution in [0.1, 0.15) is 37.7 Å². The highest BCUT2D eigenvalue weighted by Crippen LogP contribution is 2.39. The van der Waals surface area contributed by atoms with Crippen LogP contribution < -0.4 is 5.73 Å². The summed E-state index contributed by atoms with van der Waals surface area (Å²) < 4.78 is 0. The van der Waals surface area contributed by atoms with Crippen molar-refractivity contribution in [2.75, 3.05) is 5.73 Å². The second-order valence-electron chi connectivity index (χ2n) is 4.30. The summed E-state index contributed by atoms with van der Waals surface area (Å²) in [6.07, 6.45) is 9.73. The van der Waals surface area contributed by atoms with Gasteiger partial charge in [-0.2, -0.15) is 0 Å². The third kappa shape index (κ3) is 1.74. The van der Waals surface area contributed by atoms with E-state index < -0.39 is 0 Å². The molecule has 0 radical (unpaired) electrons. The highest BCUT2D eigenvalue weighted by molar-refractivity contribution is 5.72. The van der Waals surface area contributed by atoms with Crippen LogP contribution >= 0.6 is 0 Å². The number of hydrogen-bond acceptors (Lipinski definition) is 3. The number of carbonyl (C=O) groups excluding carboxylic acids is 1. The van der Waals surface area contributed by atoms with Crippen LogP contribution in [0.15, 0.2) is 18.5 Å². The minimum absolute atomic E-state index is 0.364. The number of nitrogens with zero attached hydrogens (tertiary/aromatic N) is 1. The minimum Gasteiger partial charge on any atom is -0.398 e. The summed E-state index contributed by atoms with van der Waals surface area (Å²) in [5.74, 6) is 0. The van der Waals surface area contributed by atoms with E-state index in [1.54, 1.807) is 18.5 Å². The molecule has 1 fully saturated rings. The molecular formula is C12H16N2O. The molecule has 3 nitrogen and oxygen atoms in total. The molecule has 0 spiro atoms. The standard InChI is InChI=1S/C12H16N2O/c13-11-4-7-14-8-10(11)12(9-15)5-2-1-3-6-12/h4,7-9H,1-3,5-6H2,(H2,13,14). The SMILES string of the molecule is Nc1ccncc1C1(C=O)CCCCC1. The Morgan fingerprint density at radius 1 is 1.33 bits per heavy atom. The van der Waals surface area contributed by atoms with Crippen molar-refractivity contribution in [2.24, 2.45) is 0 Å². The molecule has 2 rings (SSSR count). The quantitative estimate of drug-likeness (QED) is 0.750. The number of aromatic nitrogens is 1. The Balaban J connectivity index is 2.41. The molecule has 1 aromatic rings. The lowest BCUT2D eigenvalue weighted by Gasteiger charge is -2.32. The Bertz CT molecular complexity index is 356. The maximum absolute atomic E-state index is 11.4. The molecule has 15 heavy (non-hydrogen) atoms. The van der Waals surface area contributed by atoms with Gasteiger partial charge in [-0.15, -0.1) is 0 Å². The smallest absolute Gasteiger partial charge is 0.130 e. The molecule has 1 aliphatic rings. The fraction of sp³-hybridized carbons (Fsp3) is 0.500. The number of nitrogens with two attached hydrogens (primary N) is 1. The number of nitrogen functional groups attached to an aromatic ring is 1. The van der Waals surface area contributed by atoms with Crippen LogP contribution in [-0.2, 0) is 10.2 Å². The molecule has 1 aliphatic carbocycles. The molecule has 80 valence electrons. The van der Waals surface area contributed by atoms with Crippen molar-refractivity contribution in [3.05, 3.63) is 24.0 Å². The zero-order valence-electron chi connectivity index (χ0n) is 8.78. The molecule has 1 heterocycles. The first-order chi connectivity index (χ1) is 7.28. The molecule has 0 bridgehead atoms. The number of anilines is 1. The average molecular weight is 204 g/mol. The van der Waals surface area contributed by atoms with Crippen molar-refractivity contribution in [1.29, 1.82) is 0 Å². The van der Waals surface area contributed by atoms with Gasteiger partial charge in [0.05, 0.1) is 5.41 Å². The van der Waals surface area contributed by atoms with Crippen molar-refractivity contribution in [1.82, 2.24) is 4.98 Å². The van der Waals surface area contributed by atoms with E-state index in [0.29, 0.717) is 5.69 Å². The maximum atomic E-state index is 11.4. The Morgan fingerprint density at radius 2 is 2.07 bits per heavy atom. The molecule has 1 saturated carbocycles. The van der Waals surface area contributed by atoms with E-state index in [2.05, 4.69) is 4.98 Å². The third-order valence-electron chi connectivity index (χ3n) is 3.36. The maximum Gasteiger partial charge on any atom is 0.130 e. The molecule has 0 aliphatic heterocycles. The lowest BCUT2D eigenvalue weighted by Crippen LogP contribution is -2.31. The normalized spacial score (nSPS) is 19.7. The third-order valence-corrected chi connectivity index (χ3v) is 3.36. The Morgan fingerprint density at radius 3 is 2.67 bits per heavy atom. The fourth-order valence-corrected chi connectivity index (χ4v) is 2.45. The van der Waals surface area contributed by atoms with Crippen LogP contribution in [0, 0.1) is 0 Å². The second-order valence-corrected chi connectivity index (χ2v) is 4.30. The summed E-state index contributed by atoms with van der Waals surface area (Å²) in [5.41, 5.74) is 7.16. The van der Waals surface area contributed by atoms with E-state index in [0.717, 1.165) is 37.5 Å². The molecule has 1 aromatic heterocycles. The highest BCUT2D eigenvalue weighted by atomic mass is 16.1. The van der Waals surface area contributed by atoms with E-state index in [4.69, 9.17) is 5.73 Å². The second kappa shape index (κ2) is 4.01. The van der Waals surface area contributed by atoms with E-state index in [-0.39, 0.29) is 5.41 Å². The predicted octanol–water partition coefficient (Wildman–Crippen LogP) is 2.06. The zero-order valence-corrected chi connectivity index (χ0v) is 8.78. The summed E-state index contributed by atoms with van der Waals surface area (Å²) in [4.78, 5) is 15.4. The summed E-state index contributed by atoms with van der Waals surface area (Å²) >= 11 is 0. The van der Waals surface area contributed by atoms with Crippen LogP contribution in [0.5, 0.6) is 0 Å². The van der Waals surface area contributed by atoms with Gasteiger partial charge < -0.3 is 10.5 Å². The van der Waals surface area contributed by atoms with Gasteiger partial charge in [-0.1, -0.05) is 19.3 Å². The van der Waals surface area contributed by atoms with Gasteiger partial charge in [-0.05, 0) is 18.9 Å². The lowest BCUT2D eigenvalue weighted by molar-refractivity contribution is -0.113. The van der Waals surface area contributed by atoms with Crippen molar-refractivity contribution in [3.63, 3.8) is 0 Å². The minimum atomic E-state index is -0.364. The van der Waals surface area contributed by atoms with Crippen LogP contribution in [0.4, 0.5) is 5.69 Å². The van der Waals surface area contributed by atoms with Crippen LogP contribution in [-0.4, -0.2) is 11.3 Å². The fourth-order valence-electron chi connectivity index (χ4n) is 2.45. The highest BCUT2D eigenvalue weighted by Gasteiger charge is 2.35. The molecular weight excluding hydrogens is 188 g/mol. The number of rotatable bonds is 2. The van der Waals surface area contributed by atoms with Crippen LogP contribution in [0.2, 0.25) is 0 Å². The van der Waals surface area contributed by atoms with Gasteiger partial charge in [0.2, 0.25) is 0 Å². The molecule has 0 aromatic carbocycles. The van der Waals surface area contributed by atoms with Gasteiger partial charge in [0.15, 0.2) is 0 Å². The van der Waals surface area contributed by atoms with Crippen molar-refractivity contribution in [2.45, 2.75) is 37.5 Å².